The van der Waals surface area contributed by atoms with Crippen molar-refractivity contribution in [3.63, 3.8) is 0 Å². The molecule has 0 amide bonds. The summed E-state index contributed by atoms with van der Waals surface area (Å²) < 4.78 is 2.33. The van der Waals surface area contributed by atoms with E-state index in [1.54, 1.807) is 0 Å². The molecule has 0 unspecified atom stereocenters. The van der Waals surface area contributed by atoms with Crippen molar-refractivity contribution in [2.45, 2.75) is 5.41 Å². The van der Waals surface area contributed by atoms with Gasteiger partial charge in [0.25, 0.3) is 0 Å². The van der Waals surface area contributed by atoms with Crippen LogP contribution in [-0.2, 0) is 5.41 Å². The van der Waals surface area contributed by atoms with E-state index < -0.39 is 5.41 Å². The SMILES string of the molecule is c1ccc(-c2nc(-c3ccc(-n4c5ccccc5c5ccccc54)cc3)nc(-c3cccc4c3-c3ccccc3C4(c3ccccc3)c3ccccc3)n2)cc1. The second-order valence-electron chi connectivity index (χ2n) is 14.3. The van der Waals surface area contributed by atoms with Crippen LogP contribution in [0.5, 0.6) is 0 Å². The third-order valence-corrected chi connectivity index (χ3v) is 11.4. The molecule has 2 aromatic heterocycles. The number of hydrogen-bond donors (Lipinski definition) is 0. The minimum Gasteiger partial charge on any atom is -0.309 e. The Labute approximate surface area is 325 Å². The van der Waals surface area contributed by atoms with Crippen LogP contribution in [0.15, 0.2) is 206 Å². The van der Waals surface area contributed by atoms with Crippen molar-refractivity contribution < 1.29 is 0 Å². The molecule has 0 atom stereocenters. The second-order valence-corrected chi connectivity index (χ2v) is 14.3. The van der Waals surface area contributed by atoms with E-state index in [9.17, 15) is 0 Å². The first kappa shape index (κ1) is 32.0. The van der Waals surface area contributed by atoms with Gasteiger partial charge in [0.05, 0.1) is 16.4 Å². The Morgan fingerprint density at radius 1 is 0.339 bits per heavy atom. The van der Waals surface area contributed by atoms with Crippen molar-refractivity contribution in [3.05, 3.63) is 229 Å². The third kappa shape index (κ3) is 4.83. The normalized spacial score (nSPS) is 12.8. The van der Waals surface area contributed by atoms with Gasteiger partial charge >= 0.3 is 0 Å². The summed E-state index contributed by atoms with van der Waals surface area (Å²) in [4.78, 5) is 15.7. The van der Waals surface area contributed by atoms with Crippen LogP contribution in [0.25, 0.3) is 72.8 Å². The van der Waals surface area contributed by atoms with Crippen molar-refractivity contribution in [1.82, 2.24) is 19.5 Å². The number of nitrogens with zero attached hydrogens (tertiary/aromatic N) is 4. The molecule has 8 aromatic carbocycles. The maximum absolute atomic E-state index is 5.31. The molecule has 0 aliphatic heterocycles. The van der Waals surface area contributed by atoms with E-state index in [-0.39, 0.29) is 0 Å². The van der Waals surface area contributed by atoms with Gasteiger partial charge in [-0.05, 0) is 69.8 Å². The highest BCUT2D eigenvalue weighted by Gasteiger charge is 2.47. The van der Waals surface area contributed by atoms with E-state index in [1.807, 2.05) is 18.2 Å². The lowest BCUT2D eigenvalue weighted by Gasteiger charge is -2.33. The molecule has 1 aliphatic rings. The average Bonchev–Trinajstić information content (AvgIpc) is 3.78. The Hall–Kier alpha value is -7.43. The van der Waals surface area contributed by atoms with E-state index in [2.05, 4.69) is 193 Å². The van der Waals surface area contributed by atoms with Crippen LogP contribution < -0.4 is 0 Å². The second kappa shape index (κ2) is 12.9. The van der Waals surface area contributed by atoms with Crippen molar-refractivity contribution in [2.75, 3.05) is 0 Å². The zero-order chi connectivity index (χ0) is 37.1. The molecule has 0 bridgehead atoms. The van der Waals surface area contributed by atoms with Crippen molar-refractivity contribution >= 4 is 21.8 Å². The summed E-state index contributed by atoms with van der Waals surface area (Å²) in [6.45, 7) is 0. The van der Waals surface area contributed by atoms with E-state index in [0.29, 0.717) is 17.5 Å². The monoisotopic (exact) mass is 714 g/mol. The smallest absolute Gasteiger partial charge is 0.164 e. The van der Waals surface area contributed by atoms with Crippen molar-refractivity contribution in [2.24, 2.45) is 0 Å². The van der Waals surface area contributed by atoms with E-state index in [4.69, 9.17) is 15.0 Å². The molecular weight excluding hydrogens is 681 g/mol. The molecular formula is C52H34N4. The molecule has 0 N–H and O–H groups in total. The van der Waals surface area contributed by atoms with Crippen LogP contribution in [0.2, 0.25) is 0 Å². The van der Waals surface area contributed by atoms with Crippen molar-refractivity contribution in [1.29, 1.82) is 0 Å². The Balaban J connectivity index is 1.12. The molecule has 56 heavy (non-hydrogen) atoms. The third-order valence-electron chi connectivity index (χ3n) is 11.4. The Morgan fingerprint density at radius 3 is 1.43 bits per heavy atom. The number of benzene rings is 8. The van der Waals surface area contributed by atoms with Gasteiger partial charge in [0, 0.05) is 33.2 Å². The number of hydrogen-bond acceptors (Lipinski definition) is 3. The van der Waals surface area contributed by atoms with E-state index >= 15 is 0 Å². The maximum Gasteiger partial charge on any atom is 0.164 e. The minimum atomic E-state index is -0.523. The van der Waals surface area contributed by atoms with Crippen LogP contribution in [-0.4, -0.2) is 19.5 Å². The topological polar surface area (TPSA) is 43.6 Å². The van der Waals surface area contributed by atoms with Gasteiger partial charge < -0.3 is 4.57 Å². The molecule has 4 heteroatoms. The molecule has 10 aromatic rings. The van der Waals surface area contributed by atoms with Gasteiger partial charge in [0.15, 0.2) is 17.5 Å². The first-order valence-electron chi connectivity index (χ1n) is 19.0. The van der Waals surface area contributed by atoms with Gasteiger partial charge in [-0.25, -0.2) is 15.0 Å². The van der Waals surface area contributed by atoms with Crippen LogP contribution in [0.4, 0.5) is 0 Å². The molecule has 2 heterocycles. The summed E-state index contributed by atoms with van der Waals surface area (Å²) in [7, 11) is 0. The molecule has 4 nitrogen and oxygen atoms in total. The quantitative estimate of drug-likeness (QED) is 0.172. The van der Waals surface area contributed by atoms with Gasteiger partial charge in [-0.1, -0.05) is 170 Å². The summed E-state index contributed by atoms with van der Waals surface area (Å²) in [6, 6.07) is 73.2. The minimum absolute atomic E-state index is 0.523. The Morgan fingerprint density at radius 2 is 0.804 bits per heavy atom. The number of aromatic nitrogens is 4. The fourth-order valence-electron chi connectivity index (χ4n) is 8.98. The first-order valence-corrected chi connectivity index (χ1v) is 19.0. The Bertz CT molecular complexity index is 2970. The van der Waals surface area contributed by atoms with Crippen LogP contribution >= 0.6 is 0 Å². The molecule has 0 saturated heterocycles. The van der Waals surface area contributed by atoms with E-state index in [1.165, 1.54) is 49.6 Å². The summed E-state index contributed by atoms with van der Waals surface area (Å²) in [5.74, 6) is 1.91. The number of fused-ring (bicyclic) bond motifs is 6. The van der Waals surface area contributed by atoms with Crippen LogP contribution in [0.3, 0.4) is 0 Å². The number of para-hydroxylation sites is 2. The lowest BCUT2D eigenvalue weighted by atomic mass is 9.67. The fraction of sp³-hybridized carbons (Fsp3) is 0.0192. The zero-order valence-corrected chi connectivity index (χ0v) is 30.4. The van der Waals surface area contributed by atoms with Crippen LogP contribution in [0, 0.1) is 0 Å². The number of rotatable bonds is 6. The van der Waals surface area contributed by atoms with Gasteiger partial charge in [-0.3, -0.25) is 0 Å². The molecule has 0 fully saturated rings. The summed E-state index contributed by atoms with van der Waals surface area (Å²) in [5.41, 5.74) is 13.0. The standard InChI is InChI=1S/C52H34N4/c1-4-17-35(18-5-1)49-53-50(36-31-33-39(34-32-36)56-46-29-14-11-23-40(46)41-24-12-15-30-47(41)56)55-51(54-49)43-26-16-28-45-48(43)42-25-10-13-27-44(42)52(45,37-19-6-2-7-20-37)38-21-8-3-9-22-38/h1-34H. The largest absolute Gasteiger partial charge is 0.309 e. The van der Waals surface area contributed by atoms with Gasteiger partial charge in [-0.2, -0.15) is 0 Å². The molecule has 262 valence electrons. The molecule has 0 saturated carbocycles. The maximum atomic E-state index is 5.31. The van der Waals surface area contributed by atoms with Crippen LogP contribution in [0.1, 0.15) is 22.3 Å². The predicted molar refractivity (Wildman–Crippen MR) is 228 cm³/mol. The first-order chi connectivity index (χ1) is 27.8. The van der Waals surface area contributed by atoms with Gasteiger partial charge in [-0.15, -0.1) is 0 Å². The highest BCUT2D eigenvalue weighted by atomic mass is 15.0. The van der Waals surface area contributed by atoms with Crippen molar-refractivity contribution in [3.8, 4) is 51.0 Å². The van der Waals surface area contributed by atoms with E-state index in [0.717, 1.165) is 27.9 Å². The lowest BCUT2D eigenvalue weighted by molar-refractivity contribution is 0.768. The fourth-order valence-corrected chi connectivity index (χ4v) is 8.98. The average molecular weight is 715 g/mol. The van der Waals surface area contributed by atoms with Gasteiger partial charge in [0.2, 0.25) is 0 Å². The highest BCUT2D eigenvalue weighted by Crippen LogP contribution is 2.58. The zero-order valence-electron chi connectivity index (χ0n) is 30.4. The summed E-state index contributed by atoms with van der Waals surface area (Å²) in [6.07, 6.45) is 0. The molecule has 1 aliphatic carbocycles. The molecule has 11 rings (SSSR count). The highest BCUT2D eigenvalue weighted by molar-refractivity contribution is 6.09. The predicted octanol–water partition coefficient (Wildman–Crippen LogP) is 12.3. The summed E-state index contributed by atoms with van der Waals surface area (Å²) >= 11 is 0. The van der Waals surface area contributed by atoms with Gasteiger partial charge in [0.1, 0.15) is 0 Å². The molecule has 0 radical (unpaired) electrons. The Kier molecular flexibility index (Phi) is 7.36. The summed E-state index contributed by atoms with van der Waals surface area (Å²) in [5, 5.41) is 2.48. The lowest BCUT2D eigenvalue weighted by Crippen LogP contribution is -2.28. The molecule has 0 spiro atoms.